The molecule has 0 bridgehead atoms. The van der Waals surface area contributed by atoms with Gasteiger partial charge in [0.2, 0.25) is 0 Å². The van der Waals surface area contributed by atoms with Crippen LogP contribution in [0.5, 0.6) is 5.75 Å². The summed E-state index contributed by atoms with van der Waals surface area (Å²) in [5.74, 6) is -0.740. The zero-order chi connectivity index (χ0) is 13.1. The van der Waals surface area contributed by atoms with Gasteiger partial charge >= 0.3 is 5.97 Å². The van der Waals surface area contributed by atoms with E-state index in [0.717, 1.165) is 0 Å². The van der Waals surface area contributed by atoms with Crippen LogP contribution in [-0.2, 0) is 9.53 Å². The number of esters is 1. The lowest BCUT2D eigenvalue weighted by atomic mass is 9.85. The van der Waals surface area contributed by atoms with Crippen LogP contribution in [0.1, 0.15) is 24.2 Å². The zero-order valence-corrected chi connectivity index (χ0v) is 10.5. The molecular weight excluding hydrogens is 232 g/mol. The first-order chi connectivity index (χ1) is 8.65. The first-order valence-corrected chi connectivity index (χ1v) is 6.07. The molecule has 0 radical (unpaired) electrons. The van der Waals surface area contributed by atoms with E-state index in [9.17, 15) is 9.59 Å². The number of fused-ring (bicyclic) bond motifs is 1. The minimum atomic E-state index is -0.481. The number of hydrogen-bond donors (Lipinski definition) is 0. The molecule has 1 aromatic carbocycles. The molecule has 0 fully saturated rings. The Kier molecular flexibility index (Phi) is 3.65. The van der Waals surface area contributed by atoms with E-state index in [2.05, 4.69) is 0 Å². The topological polar surface area (TPSA) is 52.6 Å². The van der Waals surface area contributed by atoms with Gasteiger partial charge in [0.15, 0.2) is 5.78 Å². The van der Waals surface area contributed by atoms with Gasteiger partial charge in [0, 0.05) is 0 Å². The number of benzene rings is 1. The number of ketones is 1. The lowest BCUT2D eigenvalue weighted by molar-refractivity contribution is -0.149. The normalized spacial score (nSPS) is 19.7. The second kappa shape index (κ2) is 5.21. The molecule has 0 aliphatic carbocycles. The molecule has 0 unspecified atom stereocenters. The molecule has 0 spiro atoms. The third kappa shape index (κ3) is 2.23. The Bertz CT molecular complexity index is 467. The molecule has 2 rings (SSSR count). The maximum absolute atomic E-state index is 12.3. The van der Waals surface area contributed by atoms with Gasteiger partial charge in [0.1, 0.15) is 5.75 Å². The summed E-state index contributed by atoms with van der Waals surface area (Å²) in [4.78, 5) is 23.9. The van der Waals surface area contributed by atoms with E-state index in [0.29, 0.717) is 17.9 Å². The number of para-hydroxylation sites is 1. The van der Waals surface area contributed by atoms with Crippen molar-refractivity contribution >= 4 is 11.8 Å². The molecule has 18 heavy (non-hydrogen) atoms. The number of carbonyl (C=O) groups excluding carboxylic acids is 2. The minimum Gasteiger partial charge on any atom is -0.492 e. The second-order valence-electron chi connectivity index (χ2n) is 4.32. The van der Waals surface area contributed by atoms with Gasteiger partial charge in [-0.05, 0) is 19.1 Å². The maximum Gasteiger partial charge on any atom is 0.309 e. The van der Waals surface area contributed by atoms with E-state index >= 15 is 0 Å². The molecule has 1 aromatic rings. The van der Waals surface area contributed by atoms with Crippen LogP contribution in [0.25, 0.3) is 0 Å². The van der Waals surface area contributed by atoms with Gasteiger partial charge in [0.05, 0.1) is 30.6 Å². The standard InChI is InChI=1S/C14H16O4/c1-3-17-14(16)9(2)11-8-18-12-7-5-4-6-10(12)13(11)15/h4-7,9,11H,3,8H2,1-2H3/t9-,11-/m1/s1. The Morgan fingerprint density at radius 3 is 2.94 bits per heavy atom. The number of rotatable bonds is 3. The molecule has 1 heterocycles. The van der Waals surface area contributed by atoms with Gasteiger partial charge in [-0.1, -0.05) is 19.1 Å². The van der Waals surface area contributed by atoms with Crippen molar-refractivity contribution < 1.29 is 19.1 Å². The fraction of sp³-hybridized carbons (Fsp3) is 0.429. The van der Waals surface area contributed by atoms with Gasteiger partial charge in [0.25, 0.3) is 0 Å². The molecule has 1 aliphatic rings. The molecule has 0 saturated carbocycles. The van der Waals surface area contributed by atoms with Crippen molar-refractivity contribution in [1.29, 1.82) is 0 Å². The van der Waals surface area contributed by atoms with Crippen LogP contribution in [0, 0.1) is 11.8 Å². The van der Waals surface area contributed by atoms with Crippen molar-refractivity contribution in [3.63, 3.8) is 0 Å². The number of carbonyl (C=O) groups is 2. The van der Waals surface area contributed by atoms with Crippen LogP contribution in [0.2, 0.25) is 0 Å². The summed E-state index contributed by atoms with van der Waals surface area (Å²) >= 11 is 0. The maximum atomic E-state index is 12.3. The SMILES string of the molecule is CCOC(=O)[C@H](C)[C@H]1COc2ccccc2C1=O. The highest BCUT2D eigenvalue weighted by Gasteiger charge is 2.36. The van der Waals surface area contributed by atoms with Crippen molar-refractivity contribution in [3.05, 3.63) is 29.8 Å². The van der Waals surface area contributed by atoms with Crippen LogP contribution in [0.15, 0.2) is 24.3 Å². The molecule has 0 aromatic heterocycles. The fourth-order valence-corrected chi connectivity index (χ4v) is 2.06. The summed E-state index contributed by atoms with van der Waals surface area (Å²) in [7, 11) is 0. The minimum absolute atomic E-state index is 0.0441. The Balaban J connectivity index is 2.19. The summed E-state index contributed by atoms with van der Waals surface area (Å²) in [6.07, 6.45) is 0. The quantitative estimate of drug-likeness (QED) is 0.768. The molecular formula is C14H16O4. The lowest BCUT2D eigenvalue weighted by Gasteiger charge is -2.27. The summed E-state index contributed by atoms with van der Waals surface area (Å²) in [5.41, 5.74) is 0.546. The molecule has 2 atom stereocenters. The zero-order valence-electron chi connectivity index (χ0n) is 10.5. The van der Waals surface area contributed by atoms with Crippen LogP contribution in [0.3, 0.4) is 0 Å². The predicted octanol–water partition coefficient (Wildman–Crippen LogP) is 2.08. The van der Waals surface area contributed by atoms with Gasteiger partial charge in [-0.25, -0.2) is 0 Å². The predicted molar refractivity (Wildman–Crippen MR) is 65.6 cm³/mol. The Hall–Kier alpha value is -1.84. The average molecular weight is 248 g/mol. The molecule has 0 amide bonds. The summed E-state index contributed by atoms with van der Waals surface area (Å²) in [6.45, 7) is 4.01. The highest BCUT2D eigenvalue weighted by atomic mass is 16.5. The second-order valence-corrected chi connectivity index (χ2v) is 4.32. The van der Waals surface area contributed by atoms with Crippen LogP contribution in [-0.4, -0.2) is 25.0 Å². The highest BCUT2D eigenvalue weighted by Crippen LogP contribution is 2.30. The summed E-state index contributed by atoms with van der Waals surface area (Å²) in [5, 5.41) is 0. The molecule has 0 N–H and O–H groups in total. The van der Waals surface area contributed by atoms with Crippen molar-refractivity contribution in [2.24, 2.45) is 11.8 Å². The number of hydrogen-bond acceptors (Lipinski definition) is 4. The van der Waals surface area contributed by atoms with Crippen LogP contribution < -0.4 is 4.74 Å². The van der Waals surface area contributed by atoms with Crippen LogP contribution in [0.4, 0.5) is 0 Å². The Morgan fingerprint density at radius 2 is 2.22 bits per heavy atom. The van der Waals surface area contributed by atoms with Crippen molar-refractivity contribution in [2.75, 3.05) is 13.2 Å². The van der Waals surface area contributed by atoms with E-state index in [4.69, 9.17) is 9.47 Å². The van der Waals surface area contributed by atoms with Gasteiger partial charge in [-0.15, -0.1) is 0 Å². The molecule has 4 nitrogen and oxygen atoms in total. The molecule has 1 aliphatic heterocycles. The first-order valence-electron chi connectivity index (χ1n) is 6.07. The number of Topliss-reactive ketones (excluding diaryl/α,β-unsaturated/α-hetero) is 1. The van der Waals surface area contributed by atoms with Crippen molar-refractivity contribution in [2.45, 2.75) is 13.8 Å². The fourth-order valence-electron chi connectivity index (χ4n) is 2.06. The smallest absolute Gasteiger partial charge is 0.309 e. The van der Waals surface area contributed by atoms with E-state index in [1.54, 1.807) is 32.0 Å². The van der Waals surface area contributed by atoms with Gasteiger partial charge in [-0.2, -0.15) is 0 Å². The first kappa shape index (κ1) is 12.6. The third-order valence-electron chi connectivity index (χ3n) is 3.17. The van der Waals surface area contributed by atoms with Gasteiger partial charge in [-0.3, -0.25) is 9.59 Å². The summed E-state index contributed by atoms with van der Waals surface area (Å²) in [6, 6.07) is 7.10. The van der Waals surface area contributed by atoms with Crippen LogP contribution >= 0.6 is 0 Å². The van der Waals surface area contributed by atoms with E-state index in [1.165, 1.54) is 0 Å². The van der Waals surface area contributed by atoms with E-state index in [1.807, 2.05) is 6.07 Å². The van der Waals surface area contributed by atoms with Gasteiger partial charge < -0.3 is 9.47 Å². The van der Waals surface area contributed by atoms with Crippen molar-refractivity contribution in [1.82, 2.24) is 0 Å². The number of ether oxygens (including phenoxy) is 2. The highest BCUT2D eigenvalue weighted by molar-refractivity contribution is 6.03. The summed E-state index contributed by atoms with van der Waals surface area (Å²) < 4.78 is 10.5. The average Bonchev–Trinajstić information content (AvgIpc) is 2.39. The van der Waals surface area contributed by atoms with E-state index in [-0.39, 0.29) is 18.4 Å². The van der Waals surface area contributed by atoms with Crippen molar-refractivity contribution in [3.8, 4) is 5.75 Å². The lowest BCUT2D eigenvalue weighted by Crippen LogP contribution is -2.36. The molecule has 4 heteroatoms. The Morgan fingerprint density at radius 1 is 1.50 bits per heavy atom. The molecule has 96 valence electrons. The molecule has 0 saturated heterocycles. The monoisotopic (exact) mass is 248 g/mol. The third-order valence-corrected chi connectivity index (χ3v) is 3.17. The largest absolute Gasteiger partial charge is 0.492 e. The van der Waals surface area contributed by atoms with E-state index < -0.39 is 11.8 Å². The Labute approximate surface area is 106 Å².